The van der Waals surface area contributed by atoms with Gasteiger partial charge in [-0.1, -0.05) is 12.1 Å². The van der Waals surface area contributed by atoms with Crippen molar-refractivity contribution in [2.24, 2.45) is 11.7 Å². The molecule has 1 atom stereocenters. The van der Waals surface area contributed by atoms with E-state index in [9.17, 15) is 9.59 Å². The Kier molecular flexibility index (Phi) is 3.50. The van der Waals surface area contributed by atoms with Crippen molar-refractivity contribution in [3.8, 4) is 5.75 Å². The fourth-order valence-electron chi connectivity index (χ4n) is 2.09. The van der Waals surface area contributed by atoms with Crippen molar-refractivity contribution in [1.82, 2.24) is 0 Å². The molecule has 1 fully saturated rings. The third kappa shape index (κ3) is 2.30. The van der Waals surface area contributed by atoms with Crippen molar-refractivity contribution < 1.29 is 14.3 Å². The van der Waals surface area contributed by atoms with E-state index >= 15 is 0 Å². The average molecular weight is 248 g/mol. The summed E-state index contributed by atoms with van der Waals surface area (Å²) in [5.41, 5.74) is 5.95. The number of anilines is 1. The summed E-state index contributed by atoms with van der Waals surface area (Å²) >= 11 is 0. The summed E-state index contributed by atoms with van der Waals surface area (Å²) in [6.45, 7) is 2.74. The average Bonchev–Trinajstić information content (AvgIpc) is 2.73. The minimum Gasteiger partial charge on any atom is -0.492 e. The number of hydrogen-bond donors (Lipinski definition) is 1. The fraction of sp³-hybridized carbons (Fsp3) is 0.385. The molecule has 1 aliphatic rings. The number of nitrogens with zero attached hydrogens (tertiary/aromatic N) is 1. The minimum absolute atomic E-state index is 0.0917. The summed E-state index contributed by atoms with van der Waals surface area (Å²) in [7, 11) is 0. The molecule has 5 nitrogen and oxygen atoms in total. The highest BCUT2D eigenvalue weighted by Crippen LogP contribution is 2.32. The summed E-state index contributed by atoms with van der Waals surface area (Å²) < 4.78 is 5.48. The predicted octanol–water partition coefficient (Wildman–Crippen LogP) is 0.923. The molecule has 0 saturated carbocycles. The van der Waals surface area contributed by atoms with Crippen molar-refractivity contribution in [2.75, 3.05) is 18.1 Å². The van der Waals surface area contributed by atoms with Crippen LogP contribution < -0.4 is 15.4 Å². The third-order valence-corrected chi connectivity index (χ3v) is 2.98. The topological polar surface area (TPSA) is 72.6 Å². The molecule has 1 aromatic carbocycles. The van der Waals surface area contributed by atoms with Crippen LogP contribution in [0.1, 0.15) is 13.3 Å². The smallest absolute Gasteiger partial charge is 0.227 e. The van der Waals surface area contributed by atoms with Crippen LogP contribution in [0.25, 0.3) is 0 Å². The van der Waals surface area contributed by atoms with Gasteiger partial charge in [-0.2, -0.15) is 0 Å². The normalized spacial score (nSPS) is 19.1. The molecule has 1 heterocycles. The van der Waals surface area contributed by atoms with Crippen molar-refractivity contribution in [3.63, 3.8) is 0 Å². The van der Waals surface area contributed by atoms with E-state index < -0.39 is 11.8 Å². The Hall–Kier alpha value is -2.04. The first-order chi connectivity index (χ1) is 8.63. The molecule has 2 amide bonds. The van der Waals surface area contributed by atoms with Gasteiger partial charge in [0.15, 0.2) is 0 Å². The number of amides is 2. The van der Waals surface area contributed by atoms with Gasteiger partial charge in [-0.25, -0.2) is 0 Å². The molecule has 18 heavy (non-hydrogen) atoms. The zero-order valence-corrected chi connectivity index (χ0v) is 10.3. The molecule has 0 aliphatic carbocycles. The number of primary amides is 1. The van der Waals surface area contributed by atoms with Gasteiger partial charge < -0.3 is 15.4 Å². The van der Waals surface area contributed by atoms with Crippen LogP contribution >= 0.6 is 0 Å². The molecule has 1 aliphatic heterocycles. The van der Waals surface area contributed by atoms with Crippen LogP contribution in [0.15, 0.2) is 24.3 Å². The molecule has 2 N–H and O–H groups in total. The maximum Gasteiger partial charge on any atom is 0.227 e. The van der Waals surface area contributed by atoms with Gasteiger partial charge in [0.2, 0.25) is 11.8 Å². The number of carbonyl (C=O) groups excluding carboxylic acids is 2. The molecule has 96 valence electrons. The van der Waals surface area contributed by atoms with E-state index in [1.165, 1.54) is 0 Å². The zero-order valence-electron chi connectivity index (χ0n) is 10.3. The Bertz CT molecular complexity index is 473. The first kappa shape index (κ1) is 12.4. The summed E-state index contributed by atoms with van der Waals surface area (Å²) in [5.74, 6) is -0.281. The highest BCUT2D eigenvalue weighted by Gasteiger charge is 2.35. The summed E-state index contributed by atoms with van der Waals surface area (Å²) in [5, 5.41) is 0. The molecule has 0 spiro atoms. The molecule has 2 rings (SSSR count). The van der Waals surface area contributed by atoms with Gasteiger partial charge in [-0.3, -0.25) is 9.59 Å². The summed E-state index contributed by atoms with van der Waals surface area (Å²) in [4.78, 5) is 24.6. The molecular weight excluding hydrogens is 232 g/mol. The van der Waals surface area contributed by atoms with Crippen LogP contribution in [-0.4, -0.2) is 25.0 Å². The number of para-hydroxylation sites is 2. The van der Waals surface area contributed by atoms with Crippen molar-refractivity contribution in [3.05, 3.63) is 24.3 Å². The second kappa shape index (κ2) is 5.08. The second-order valence-electron chi connectivity index (χ2n) is 4.21. The van der Waals surface area contributed by atoms with Gasteiger partial charge in [-0.15, -0.1) is 0 Å². The molecular formula is C13H16N2O3. The van der Waals surface area contributed by atoms with Crippen LogP contribution in [0.4, 0.5) is 5.69 Å². The van der Waals surface area contributed by atoms with Gasteiger partial charge >= 0.3 is 0 Å². The van der Waals surface area contributed by atoms with Gasteiger partial charge in [0, 0.05) is 13.0 Å². The van der Waals surface area contributed by atoms with E-state index in [-0.39, 0.29) is 12.3 Å². The van der Waals surface area contributed by atoms with E-state index in [0.717, 1.165) is 0 Å². The minimum atomic E-state index is -0.431. The third-order valence-electron chi connectivity index (χ3n) is 2.98. The number of carbonyl (C=O) groups is 2. The Labute approximate surface area is 106 Å². The molecule has 1 saturated heterocycles. The number of ether oxygens (including phenoxy) is 1. The number of rotatable bonds is 4. The summed E-state index contributed by atoms with van der Waals surface area (Å²) in [6, 6.07) is 7.30. The monoisotopic (exact) mass is 248 g/mol. The Morgan fingerprint density at radius 2 is 2.22 bits per heavy atom. The van der Waals surface area contributed by atoms with E-state index in [0.29, 0.717) is 24.6 Å². The van der Waals surface area contributed by atoms with Crippen LogP contribution in [0.5, 0.6) is 5.75 Å². The van der Waals surface area contributed by atoms with Crippen molar-refractivity contribution in [2.45, 2.75) is 13.3 Å². The molecule has 0 aromatic heterocycles. The second-order valence-corrected chi connectivity index (χ2v) is 4.21. The predicted molar refractivity (Wildman–Crippen MR) is 67.3 cm³/mol. The van der Waals surface area contributed by atoms with Crippen LogP contribution in [0.3, 0.4) is 0 Å². The Morgan fingerprint density at radius 1 is 1.50 bits per heavy atom. The standard InChI is InChI=1S/C13H16N2O3/c1-2-18-11-6-4-3-5-10(11)15-8-9(13(14)17)7-12(15)16/h3-6,9H,2,7-8H2,1H3,(H2,14,17)/t9-/m0/s1. The van der Waals surface area contributed by atoms with Crippen molar-refractivity contribution in [1.29, 1.82) is 0 Å². The number of nitrogens with two attached hydrogens (primary N) is 1. The molecule has 0 unspecified atom stereocenters. The first-order valence-electron chi connectivity index (χ1n) is 5.95. The molecule has 1 aromatic rings. The quantitative estimate of drug-likeness (QED) is 0.861. The maximum atomic E-state index is 11.9. The van der Waals surface area contributed by atoms with Crippen molar-refractivity contribution >= 4 is 17.5 Å². The van der Waals surface area contributed by atoms with Gasteiger partial charge in [-0.05, 0) is 19.1 Å². The lowest BCUT2D eigenvalue weighted by molar-refractivity contribution is -0.123. The van der Waals surface area contributed by atoms with E-state index in [4.69, 9.17) is 10.5 Å². The van der Waals surface area contributed by atoms with Gasteiger partial charge in [0.25, 0.3) is 0 Å². The van der Waals surface area contributed by atoms with E-state index in [1.807, 2.05) is 31.2 Å². The van der Waals surface area contributed by atoms with Gasteiger partial charge in [0.05, 0.1) is 18.2 Å². The maximum absolute atomic E-state index is 11.9. The van der Waals surface area contributed by atoms with Crippen LogP contribution in [-0.2, 0) is 9.59 Å². The lowest BCUT2D eigenvalue weighted by atomic mass is 10.1. The SMILES string of the molecule is CCOc1ccccc1N1C[C@@H](C(N)=O)CC1=O. The highest BCUT2D eigenvalue weighted by atomic mass is 16.5. The largest absolute Gasteiger partial charge is 0.492 e. The lowest BCUT2D eigenvalue weighted by Crippen LogP contribution is -2.28. The lowest BCUT2D eigenvalue weighted by Gasteiger charge is -2.19. The Morgan fingerprint density at radius 3 is 2.83 bits per heavy atom. The van der Waals surface area contributed by atoms with Gasteiger partial charge in [0.1, 0.15) is 5.75 Å². The number of hydrogen-bond acceptors (Lipinski definition) is 3. The molecule has 5 heteroatoms. The van der Waals surface area contributed by atoms with Crippen LogP contribution in [0, 0.1) is 5.92 Å². The zero-order chi connectivity index (χ0) is 13.1. The highest BCUT2D eigenvalue weighted by molar-refractivity contribution is 6.01. The Balaban J connectivity index is 2.26. The molecule has 0 radical (unpaired) electrons. The first-order valence-corrected chi connectivity index (χ1v) is 5.95. The number of benzene rings is 1. The van der Waals surface area contributed by atoms with E-state index in [2.05, 4.69) is 0 Å². The van der Waals surface area contributed by atoms with E-state index in [1.54, 1.807) is 4.90 Å². The van der Waals surface area contributed by atoms with Crippen LogP contribution in [0.2, 0.25) is 0 Å². The summed E-state index contributed by atoms with van der Waals surface area (Å²) in [6.07, 6.45) is 0.176. The fourth-order valence-corrected chi connectivity index (χ4v) is 2.09. The molecule has 0 bridgehead atoms.